The van der Waals surface area contributed by atoms with E-state index in [0.29, 0.717) is 11.8 Å². The highest BCUT2D eigenvalue weighted by molar-refractivity contribution is 5.30. The first kappa shape index (κ1) is 12.1. The van der Waals surface area contributed by atoms with E-state index < -0.39 is 0 Å². The number of ether oxygens (including phenoxy) is 1. The second kappa shape index (κ2) is 5.82. The lowest BCUT2D eigenvalue weighted by molar-refractivity contribution is 0.352. The maximum Gasteiger partial charge on any atom is 0.226 e. The number of anilines is 1. The van der Waals surface area contributed by atoms with Gasteiger partial charge in [0.05, 0.1) is 7.11 Å². The van der Waals surface area contributed by atoms with Crippen molar-refractivity contribution < 1.29 is 4.74 Å². The first-order chi connectivity index (χ1) is 8.28. The van der Waals surface area contributed by atoms with Crippen LogP contribution in [0.3, 0.4) is 0 Å². The number of nitrogens with one attached hydrogen (secondary N) is 1. The van der Waals surface area contributed by atoms with E-state index >= 15 is 0 Å². The van der Waals surface area contributed by atoms with Gasteiger partial charge in [0.1, 0.15) is 0 Å². The number of aromatic nitrogens is 2. The van der Waals surface area contributed by atoms with Crippen molar-refractivity contribution >= 4 is 5.95 Å². The highest BCUT2D eigenvalue weighted by Gasteiger charge is 2.10. The zero-order valence-electron chi connectivity index (χ0n) is 10.6. The molecule has 17 heavy (non-hydrogen) atoms. The molecule has 0 unspecified atom stereocenters. The van der Waals surface area contributed by atoms with E-state index in [4.69, 9.17) is 4.74 Å². The van der Waals surface area contributed by atoms with Crippen molar-refractivity contribution in [3.8, 4) is 5.88 Å². The molecule has 0 amide bonds. The molecule has 5 nitrogen and oxygen atoms in total. The van der Waals surface area contributed by atoms with Gasteiger partial charge in [0.25, 0.3) is 0 Å². The Morgan fingerprint density at radius 2 is 2.12 bits per heavy atom. The molecule has 1 fully saturated rings. The fourth-order valence-electron chi connectivity index (χ4n) is 2.06. The molecule has 0 aromatic carbocycles. The van der Waals surface area contributed by atoms with Crippen molar-refractivity contribution in [3.05, 3.63) is 11.8 Å². The zero-order valence-corrected chi connectivity index (χ0v) is 10.6. The summed E-state index contributed by atoms with van der Waals surface area (Å²) >= 11 is 0. The largest absolute Gasteiger partial charge is 0.481 e. The number of nitrogens with zero attached hydrogens (tertiary/aromatic N) is 3. The normalized spacial score (nSPS) is 16.1. The minimum atomic E-state index is 0.612. The van der Waals surface area contributed by atoms with Gasteiger partial charge in [-0.2, -0.15) is 4.98 Å². The molecule has 0 radical (unpaired) electrons. The standard InChI is InChI=1S/C12H20N4O/c1-10-9-11(17-2)15-12(14-10)13-5-8-16-6-3-4-7-16/h9H,3-8H2,1-2H3,(H,13,14,15). The highest BCUT2D eigenvalue weighted by atomic mass is 16.5. The second-order valence-electron chi connectivity index (χ2n) is 4.35. The summed E-state index contributed by atoms with van der Waals surface area (Å²) in [6.07, 6.45) is 2.66. The summed E-state index contributed by atoms with van der Waals surface area (Å²) in [5.74, 6) is 1.27. The number of hydrogen-bond donors (Lipinski definition) is 1. The molecule has 1 aromatic heterocycles. The SMILES string of the molecule is COc1cc(C)nc(NCCN2CCCC2)n1. The van der Waals surface area contributed by atoms with E-state index in [2.05, 4.69) is 20.2 Å². The Balaban J connectivity index is 1.83. The van der Waals surface area contributed by atoms with Crippen molar-refractivity contribution in [2.45, 2.75) is 19.8 Å². The first-order valence-corrected chi connectivity index (χ1v) is 6.14. The lowest BCUT2D eigenvalue weighted by Gasteiger charge is -2.14. The fraction of sp³-hybridized carbons (Fsp3) is 0.667. The second-order valence-corrected chi connectivity index (χ2v) is 4.35. The van der Waals surface area contributed by atoms with Crippen LogP contribution in [0, 0.1) is 6.92 Å². The summed E-state index contributed by atoms with van der Waals surface area (Å²) in [5.41, 5.74) is 0.917. The molecule has 0 atom stereocenters. The number of aryl methyl sites for hydroxylation is 1. The summed E-state index contributed by atoms with van der Waals surface area (Å²) in [6, 6.07) is 1.83. The molecular weight excluding hydrogens is 216 g/mol. The van der Waals surface area contributed by atoms with Gasteiger partial charge < -0.3 is 15.0 Å². The van der Waals surface area contributed by atoms with Crippen LogP contribution in [0.25, 0.3) is 0 Å². The number of hydrogen-bond acceptors (Lipinski definition) is 5. The zero-order chi connectivity index (χ0) is 12.1. The van der Waals surface area contributed by atoms with Crippen LogP contribution < -0.4 is 10.1 Å². The van der Waals surface area contributed by atoms with E-state index in [1.54, 1.807) is 7.11 Å². The molecule has 1 aliphatic rings. The minimum absolute atomic E-state index is 0.612. The van der Waals surface area contributed by atoms with Crippen molar-refractivity contribution in [3.63, 3.8) is 0 Å². The molecule has 1 aromatic rings. The third-order valence-electron chi connectivity index (χ3n) is 2.95. The third-order valence-corrected chi connectivity index (χ3v) is 2.95. The van der Waals surface area contributed by atoms with Crippen LogP contribution in [-0.2, 0) is 0 Å². The van der Waals surface area contributed by atoms with Crippen LogP contribution in [0.1, 0.15) is 18.5 Å². The summed E-state index contributed by atoms with van der Waals surface area (Å²) in [6.45, 7) is 6.32. The van der Waals surface area contributed by atoms with E-state index in [1.165, 1.54) is 25.9 Å². The number of likely N-dealkylation sites (tertiary alicyclic amines) is 1. The molecule has 94 valence electrons. The van der Waals surface area contributed by atoms with Gasteiger partial charge in [0.2, 0.25) is 11.8 Å². The Kier molecular flexibility index (Phi) is 4.14. The molecule has 0 saturated carbocycles. The predicted molar refractivity (Wildman–Crippen MR) is 67.5 cm³/mol. The molecule has 5 heteroatoms. The highest BCUT2D eigenvalue weighted by Crippen LogP contribution is 2.11. The fourth-order valence-corrected chi connectivity index (χ4v) is 2.06. The Morgan fingerprint density at radius 3 is 2.82 bits per heavy atom. The topological polar surface area (TPSA) is 50.3 Å². The van der Waals surface area contributed by atoms with E-state index in [0.717, 1.165) is 18.8 Å². The average Bonchev–Trinajstić information content (AvgIpc) is 2.81. The van der Waals surface area contributed by atoms with Crippen LogP contribution in [-0.4, -0.2) is 48.2 Å². The molecule has 1 N–H and O–H groups in total. The van der Waals surface area contributed by atoms with Crippen LogP contribution in [0.5, 0.6) is 5.88 Å². The van der Waals surface area contributed by atoms with Gasteiger partial charge in [0, 0.05) is 24.8 Å². The molecule has 0 spiro atoms. The van der Waals surface area contributed by atoms with Crippen molar-refractivity contribution in [1.29, 1.82) is 0 Å². The molecule has 1 aliphatic heterocycles. The maximum absolute atomic E-state index is 5.11. The van der Waals surface area contributed by atoms with E-state index in [9.17, 15) is 0 Å². The van der Waals surface area contributed by atoms with Gasteiger partial charge in [-0.15, -0.1) is 0 Å². The van der Waals surface area contributed by atoms with Crippen molar-refractivity contribution in [1.82, 2.24) is 14.9 Å². The quantitative estimate of drug-likeness (QED) is 0.835. The third kappa shape index (κ3) is 3.56. The maximum atomic E-state index is 5.11. The first-order valence-electron chi connectivity index (χ1n) is 6.14. The van der Waals surface area contributed by atoms with Gasteiger partial charge in [-0.1, -0.05) is 0 Å². The van der Waals surface area contributed by atoms with Gasteiger partial charge in [-0.3, -0.25) is 0 Å². The summed E-state index contributed by atoms with van der Waals surface area (Å²) in [5, 5.41) is 3.24. The summed E-state index contributed by atoms with van der Waals surface area (Å²) in [4.78, 5) is 11.0. The molecule has 0 bridgehead atoms. The lowest BCUT2D eigenvalue weighted by Crippen LogP contribution is -2.26. The lowest BCUT2D eigenvalue weighted by atomic mass is 10.4. The van der Waals surface area contributed by atoms with Gasteiger partial charge in [-0.05, 0) is 32.9 Å². The minimum Gasteiger partial charge on any atom is -0.481 e. The van der Waals surface area contributed by atoms with Gasteiger partial charge in [-0.25, -0.2) is 4.98 Å². The Hall–Kier alpha value is -1.36. The van der Waals surface area contributed by atoms with Crippen molar-refractivity contribution in [2.75, 3.05) is 38.6 Å². The Morgan fingerprint density at radius 1 is 1.35 bits per heavy atom. The summed E-state index contributed by atoms with van der Waals surface area (Å²) < 4.78 is 5.11. The molecule has 2 rings (SSSR count). The van der Waals surface area contributed by atoms with Gasteiger partial charge >= 0.3 is 0 Å². The van der Waals surface area contributed by atoms with Crippen LogP contribution >= 0.6 is 0 Å². The molecular formula is C12H20N4O. The summed E-state index contributed by atoms with van der Waals surface area (Å²) in [7, 11) is 1.62. The van der Waals surface area contributed by atoms with Crippen LogP contribution in [0.2, 0.25) is 0 Å². The Labute approximate surface area is 102 Å². The van der Waals surface area contributed by atoms with Crippen molar-refractivity contribution in [2.24, 2.45) is 0 Å². The van der Waals surface area contributed by atoms with Crippen LogP contribution in [0.15, 0.2) is 6.07 Å². The van der Waals surface area contributed by atoms with E-state index in [1.807, 2.05) is 13.0 Å². The number of rotatable bonds is 5. The average molecular weight is 236 g/mol. The van der Waals surface area contributed by atoms with Gasteiger partial charge in [0.15, 0.2) is 0 Å². The van der Waals surface area contributed by atoms with E-state index in [-0.39, 0.29) is 0 Å². The molecule has 0 aliphatic carbocycles. The molecule has 1 saturated heterocycles. The molecule has 2 heterocycles. The predicted octanol–water partition coefficient (Wildman–Crippen LogP) is 1.30. The number of methoxy groups -OCH3 is 1. The monoisotopic (exact) mass is 236 g/mol. The Bertz CT molecular complexity index is 364. The van der Waals surface area contributed by atoms with Crippen LogP contribution in [0.4, 0.5) is 5.95 Å². The smallest absolute Gasteiger partial charge is 0.226 e.